The second kappa shape index (κ2) is 7.64. The number of aliphatic hydroxyl groups is 1. The van der Waals surface area contributed by atoms with E-state index >= 15 is 0 Å². The molecule has 1 unspecified atom stereocenters. The molecule has 1 aromatic heterocycles. The molecule has 1 aliphatic heterocycles. The van der Waals surface area contributed by atoms with E-state index in [1.165, 1.54) is 11.9 Å². The monoisotopic (exact) mass is 343 g/mol. The average Bonchev–Trinajstić information content (AvgIpc) is 3.08. The minimum absolute atomic E-state index is 0.408. The highest BCUT2D eigenvalue weighted by atomic mass is 16.3. The topological polar surface area (TPSA) is 57.4 Å². The standard InChI is InChI=1S/C19H29N5O/c1-4-22-7-9-23(10-8-22)12-19(25,13-24-15-20-14-21-24)18-6-5-16(2)11-17(18)3/h5-6,11,14-15,25H,4,7-10,12-13H2,1-3H3. The van der Waals surface area contributed by atoms with Crippen LogP contribution in [-0.4, -0.2) is 68.9 Å². The maximum absolute atomic E-state index is 11.7. The quantitative estimate of drug-likeness (QED) is 0.860. The van der Waals surface area contributed by atoms with E-state index in [9.17, 15) is 5.11 Å². The third-order valence-electron chi connectivity index (χ3n) is 5.17. The lowest BCUT2D eigenvalue weighted by molar-refractivity contribution is -0.0294. The van der Waals surface area contributed by atoms with Gasteiger partial charge in [-0.05, 0) is 31.5 Å². The molecule has 25 heavy (non-hydrogen) atoms. The number of hydrogen-bond acceptors (Lipinski definition) is 5. The number of benzene rings is 1. The van der Waals surface area contributed by atoms with Gasteiger partial charge in [-0.2, -0.15) is 5.10 Å². The molecule has 0 spiro atoms. The van der Waals surface area contributed by atoms with E-state index in [4.69, 9.17) is 0 Å². The highest BCUT2D eigenvalue weighted by molar-refractivity contribution is 5.35. The van der Waals surface area contributed by atoms with Gasteiger partial charge in [0.25, 0.3) is 0 Å². The molecule has 6 nitrogen and oxygen atoms in total. The minimum atomic E-state index is -0.986. The van der Waals surface area contributed by atoms with Crippen molar-refractivity contribution in [1.82, 2.24) is 24.6 Å². The number of nitrogens with zero attached hydrogens (tertiary/aromatic N) is 5. The molecule has 2 aromatic rings. The first-order valence-electron chi connectivity index (χ1n) is 9.07. The molecule has 1 aromatic carbocycles. The van der Waals surface area contributed by atoms with Crippen LogP contribution in [0.3, 0.4) is 0 Å². The molecule has 0 saturated carbocycles. The zero-order valence-electron chi connectivity index (χ0n) is 15.5. The van der Waals surface area contributed by atoms with Gasteiger partial charge in [0.05, 0.1) is 6.54 Å². The van der Waals surface area contributed by atoms with Gasteiger partial charge in [0.1, 0.15) is 18.3 Å². The van der Waals surface area contributed by atoms with Gasteiger partial charge < -0.3 is 10.0 Å². The van der Waals surface area contributed by atoms with E-state index in [0.717, 1.165) is 43.9 Å². The normalized spacial score (nSPS) is 19.0. The summed E-state index contributed by atoms with van der Waals surface area (Å²) in [7, 11) is 0. The molecule has 136 valence electrons. The molecule has 3 rings (SSSR count). The molecular weight excluding hydrogens is 314 g/mol. The number of β-amino-alcohol motifs (C(OH)–C–C–N with tert-alkyl or cyclic N) is 1. The number of aromatic nitrogens is 3. The van der Waals surface area contributed by atoms with Crippen molar-refractivity contribution in [3.05, 3.63) is 47.5 Å². The summed E-state index contributed by atoms with van der Waals surface area (Å²) in [5.74, 6) is 0. The van der Waals surface area contributed by atoms with Crippen molar-refractivity contribution >= 4 is 0 Å². The Labute approximate surface area is 150 Å². The van der Waals surface area contributed by atoms with Crippen LogP contribution in [0, 0.1) is 13.8 Å². The smallest absolute Gasteiger partial charge is 0.137 e. The molecule has 0 aliphatic carbocycles. The van der Waals surface area contributed by atoms with E-state index in [2.05, 4.69) is 58.9 Å². The van der Waals surface area contributed by atoms with Gasteiger partial charge >= 0.3 is 0 Å². The Balaban J connectivity index is 1.84. The summed E-state index contributed by atoms with van der Waals surface area (Å²) < 4.78 is 1.72. The molecule has 1 N–H and O–H groups in total. The van der Waals surface area contributed by atoms with E-state index in [1.54, 1.807) is 11.0 Å². The third kappa shape index (κ3) is 4.26. The van der Waals surface area contributed by atoms with Crippen molar-refractivity contribution in [1.29, 1.82) is 0 Å². The highest BCUT2D eigenvalue weighted by Gasteiger charge is 2.35. The Kier molecular flexibility index (Phi) is 5.51. The summed E-state index contributed by atoms with van der Waals surface area (Å²) in [5.41, 5.74) is 2.32. The fourth-order valence-corrected chi connectivity index (χ4v) is 3.77. The SMILES string of the molecule is CCN1CCN(CC(O)(Cn2cncn2)c2ccc(C)cc2C)CC1. The van der Waals surface area contributed by atoms with Crippen LogP contribution < -0.4 is 0 Å². The molecule has 0 bridgehead atoms. The zero-order chi connectivity index (χ0) is 17.9. The van der Waals surface area contributed by atoms with Crippen LogP contribution in [0.25, 0.3) is 0 Å². The first kappa shape index (κ1) is 18.0. The lowest BCUT2D eigenvalue weighted by atomic mass is 9.88. The lowest BCUT2D eigenvalue weighted by Gasteiger charge is -2.40. The molecule has 2 heterocycles. The third-order valence-corrected chi connectivity index (χ3v) is 5.17. The second-order valence-electron chi connectivity index (χ2n) is 7.15. The molecule has 6 heteroatoms. The highest BCUT2D eigenvalue weighted by Crippen LogP contribution is 2.28. The van der Waals surface area contributed by atoms with Gasteiger partial charge in [-0.1, -0.05) is 30.7 Å². The first-order valence-corrected chi connectivity index (χ1v) is 9.07. The van der Waals surface area contributed by atoms with Crippen molar-refractivity contribution < 1.29 is 5.11 Å². The number of piperazine rings is 1. The number of aryl methyl sites for hydroxylation is 2. The van der Waals surface area contributed by atoms with Gasteiger partial charge in [0, 0.05) is 32.7 Å². The van der Waals surface area contributed by atoms with Gasteiger partial charge in [0.15, 0.2) is 0 Å². The zero-order valence-corrected chi connectivity index (χ0v) is 15.5. The predicted octanol–water partition coefficient (Wildman–Crippen LogP) is 1.42. The maximum Gasteiger partial charge on any atom is 0.137 e. The van der Waals surface area contributed by atoms with E-state index in [-0.39, 0.29) is 0 Å². The minimum Gasteiger partial charge on any atom is -0.382 e. The Hall–Kier alpha value is -1.76. The van der Waals surface area contributed by atoms with Crippen molar-refractivity contribution in [2.45, 2.75) is 32.9 Å². The van der Waals surface area contributed by atoms with Crippen molar-refractivity contribution in [3.8, 4) is 0 Å². The van der Waals surface area contributed by atoms with Crippen LogP contribution in [0.1, 0.15) is 23.6 Å². The van der Waals surface area contributed by atoms with Gasteiger partial charge in [-0.25, -0.2) is 9.67 Å². The lowest BCUT2D eigenvalue weighted by Crippen LogP contribution is -2.52. The molecular formula is C19H29N5O. The van der Waals surface area contributed by atoms with E-state index < -0.39 is 5.60 Å². The molecule has 1 fully saturated rings. The number of rotatable bonds is 6. The Bertz CT molecular complexity index is 679. The van der Waals surface area contributed by atoms with Crippen LogP contribution in [0.4, 0.5) is 0 Å². The molecule has 1 aliphatic rings. The Morgan fingerprint density at radius 2 is 1.80 bits per heavy atom. The fraction of sp³-hybridized carbons (Fsp3) is 0.579. The first-order chi connectivity index (χ1) is 12.0. The molecule has 1 atom stereocenters. The van der Waals surface area contributed by atoms with Gasteiger partial charge in [0.2, 0.25) is 0 Å². The largest absolute Gasteiger partial charge is 0.382 e. The molecule has 1 saturated heterocycles. The summed E-state index contributed by atoms with van der Waals surface area (Å²) in [4.78, 5) is 8.84. The summed E-state index contributed by atoms with van der Waals surface area (Å²) in [6.07, 6.45) is 3.19. The number of likely N-dealkylation sites (N-methyl/N-ethyl adjacent to an activating group) is 1. The van der Waals surface area contributed by atoms with E-state index in [0.29, 0.717) is 13.1 Å². The summed E-state index contributed by atoms with van der Waals surface area (Å²) >= 11 is 0. The fourth-order valence-electron chi connectivity index (χ4n) is 3.77. The maximum atomic E-state index is 11.7. The van der Waals surface area contributed by atoms with Gasteiger partial charge in [-0.3, -0.25) is 4.90 Å². The van der Waals surface area contributed by atoms with Crippen molar-refractivity contribution in [3.63, 3.8) is 0 Å². The van der Waals surface area contributed by atoms with Gasteiger partial charge in [-0.15, -0.1) is 0 Å². The van der Waals surface area contributed by atoms with Crippen LogP contribution in [0.2, 0.25) is 0 Å². The van der Waals surface area contributed by atoms with Crippen LogP contribution in [0.5, 0.6) is 0 Å². The summed E-state index contributed by atoms with van der Waals surface area (Å²) in [6.45, 7) is 12.5. The van der Waals surface area contributed by atoms with E-state index in [1.807, 2.05) is 0 Å². The predicted molar refractivity (Wildman–Crippen MR) is 98.4 cm³/mol. The van der Waals surface area contributed by atoms with Crippen molar-refractivity contribution in [2.75, 3.05) is 39.3 Å². The Morgan fingerprint density at radius 1 is 1.08 bits per heavy atom. The average molecular weight is 343 g/mol. The summed E-state index contributed by atoms with van der Waals surface area (Å²) in [5, 5.41) is 15.9. The van der Waals surface area contributed by atoms with Crippen LogP contribution in [0.15, 0.2) is 30.9 Å². The van der Waals surface area contributed by atoms with Crippen molar-refractivity contribution in [2.24, 2.45) is 0 Å². The van der Waals surface area contributed by atoms with Crippen LogP contribution in [-0.2, 0) is 12.1 Å². The molecule has 0 radical (unpaired) electrons. The second-order valence-corrected chi connectivity index (χ2v) is 7.15. The summed E-state index contributed by atoms with van der Waals surface area (Å²) in [6, 6.07) is 6.27. The Morgan fingerprint density at radius 3 is 2.40 bits per heavy atom. The van der Waals surface area contributed by atoms with Crippen LogP contribution >= 0.6 is 0 Å². The number of hydrogen-bond donors (Lipinski definition) is 1. The molecule has 0 amide bonds.